The molecule has 1 aromatic carbocycles. The number of hydrogen-bond acceptors (Lipinski definition) is 4. The van der Waals surface area contributed by atoms with E-state index in [1.54, 1.807) is 0 Å². The van der Waals surface area contributed by atoms with Gasteiger partial charge in [0.2, 0.25) is 0 Å². The van der Waals surface area contributed by atoms with Crippen molar-refractivity contribution in [3.8, 4) is 0 Å². The molecule has 5 N–H and O–H groups in total. The molecule has 0 radical (unpaired) electrons. The second-order valence-electron chi connectivity index (χ2n) is 4.62. The van der Waals surface area contributed by atoms with Gasteiger partial charge in [0.25, 0.3) is 5.91 Å². The molecule has 98 valence electrons. The molecule has 5 nitrogen and oxygen atoms in total. The average Bonchev–Trinajstić information content (AvgIpc) is 2.83. The lowest BCUT2D eigenvalue weighted by Crippen LogP contribution is -2.48. The Morgan fingerprint density at radius 2 is 2.06 bits per heavy atom. The summed E-state index contributed by atoms with van der Waals surface area (Å²) in [4.78, 5) is 11.7. The molecule has 0 aromatic heterocycles. The first-order valence-electron chi connectivity index (χ1n) is 6.34. The Morgan fingerprint density at radius 3 is 2.67 bits per heavy atom. The molecule has 1 aromatic rings. The topological polar surface area (TPSA) is 79.2 Å². The summed E-state index contributed by atoms with van der Waals surface area (Å²) < 4.78 is 0. The smallest absolute Gasteiger partial charge is 0.252 e. The van der Waals surface area contributed by atoms with E-state index in [0.29, 0.717) is 0 Å². The van der Waals surface area contributed by atoms with Gasteiger partial charge in [-0.3, -0.25) is 10.2 Å². The lowest BCUT2D eigenvalue weighted by atomic mass is 9.86. The summed E-state index contributed by atoms with van der Waals surface area (Å²) in [6, 6.07) is 10.0. The molecule has 1 amide bonds. The average molecular weight is 248 g/mol. The van der Waals surface area contributed by atoms with Crippen LogP contribution in [-0.2, 0) is 4.79 Å². The summed E-state index contributed by atoms with van der Waals surface area (Å²) in [5.74, 6) is 5.27. The zero-order valence-electron chi connectivity index (χ0n) is 10.5. The third-order valence-corrected chi connectivity index (χ3v) is 3.46. The predicted octanol–water partition coefficient (Wildman–Crippen LogP) is 0.610. The molecule has 0 spiro atoms. The molecule has 0 saturated carbocycles. The molecule has 3 atom stereocenters. The summed E-state index contributed by atoms with van der Waals surface area (Å²) in [6.45, 7) is 2.12. The molecule has 0 bridgehead atoms. The van der Waals surface area contributed by atoms with Crippen molar-refractivity contribution in [1.82, 2.24) is 16.3 Å². The van der Waals surface area contributed by atoms with E-state index < -0.39 is 0 Å². The van der Waals surface area contributed by atoms with E-state index in [-0.39, 0.29) is 23.9 Å². The highest BCUT2D eigenvalue weighted by Gasteiger charge is 2.39. The predicted molar refractivity (Wildman–Crippen MR) is 70.0 cm³/mol. The van der Waals surface area contributed by atoms with Crippen LogP contribution < -0.4 is 22.1 Å². The van der Waals surface area contributed by atoms with E-state index in [1.807, 2.05) is 18.2 Å². The number of hydrogen-bond donors (Lipinski definition) is 4. The molecular formula is C13H20N4O. The maximum absolute atomic E-state index is 11.7. The van der Waals surface area contributed by atoms with Gasteiger partial charge in [0, 0.05) is 5.92 Å². The van der Waals surface area contributed by atoms with Gasteiger partial charge in [-0.1, -0.05) is 43.7 Å². The van der Waals surface area contributed by atoms with Crippen molar-refractivity contribution in [3.63, 3.8) is 0 Å². The molecule has 2 rings (SSSR count). The van der Waals surface area contributed by atoms with Crippen molar-refractivity contribution in [1.29, 1.82) is 0 Å². The quantitative estimate of drug-likeness (QED) is 0.358. The molecular weight excluding hydrogens is 228 g/mol. The first-order chi connectivity index (χ1) is 8.77. The van der Waals surface area contributed by atoms with Gasteiger partial charge < -0.3 is 0 Å². The Morgan fingerprint density at radius 1 is 1.33 bits per heavy atom. The summed E-state index contributed by atoms with van der Waals surface area (Å²) in [6.07, 6.45) is 2.00. The molecule has 1 fully saturated rings. The van der Waals surface area contributed by atoms with Gasteiger partial charge in [-0.25, -0.2) is 16.7 Å². The summed E-state index contributed by atoms with van der Waals surface area (Å²) in [5.41, 5.74) is 9.67. The Bertz CT molecular complexity index is 395. The van der Waals surface area contributed by atoms with Gasteiger partial charge in [0.15, 0.2) is 0 Å². The van der Waals surface area contributed by atoms with Crippen molar-refractivity contribution < 1.29 is 4.79 Å². The zero-order valence-corrected chi connectivity index (χ0v) is 10.5. The van der Waals surface area contributed by atoms with Crippen LogP contribution in [0.25, 0.3) is 0 Å². The highest BCUT2D eigenvalue weighted by molar-refractivity contribution is 5.81. The van der Waals surface area contributed by atoms with Crippen LogP contribution in [-0.4, -0.2) is 11.9 Å². The minimum atomic E-state index is -0.278. The lowest BCUT2D eigenvalue weighted by Gasteiger charge is -2.21. The number of nitrogens with two attached hydrogens (primary N) is 1. The van der Waals surface area contributed by atoms with Crippen molar-refractivity contribution in [3.05, 3.63) is 35.9 Å². The summed E-state index contributed by atoms with van der Waals surface area (Å²) in [7, 11) is 0. The monoisotopic (exact) mass is 248 g/mol. The Balaban J connectivity index is 2.19. The number of rotatable bonds is 4. The van der Waals surface area contributed by atoms with Crippen LogP contribution in [0.2, 0.25) is 0 Å². The van der Waals surface area contributed by atoms with Crippen LogP contribution in [0.15, 0.2) is 30.3 Å². The first kappa shape index (κ1) is 13.0. The Labute approximate surface area is 107 Å². The fraction of sp³-hybridized carbons (Fsp3) is 0.462. The van der Waals surface area contributed by atoms with Crippen molar-refractivity contribution in [2.24, 2.45) is 11.8 Å². The van der Waals surface area contributed by atoms with Crippen LogP contribution >= 0.6 is 0 Å². The van der Waals surface area contributed by atoms with Crippen LogP contribution in [0.3, 0.4) is 0 Å². The molecule has 1 heterocycles. The molecule has 0 aliphatic carbocycles. The van der Waals surface area contributed by atoms with Gasteiger partial charge in [-0.05, 0) is 12.0 Å². The fourth-order valence-corrected chi connectivity index (χ4v) is 2.59. The van der Waals surface area contributed by atoms with E-state index in [9.17, 15) is 4.79 Å². The van der Waals surface area contributed by atoms with Crippen LogP contribution in [0.4, 0.5) is 0 Å². The van der Waals surface area contributed by atoms with Crippen molar-refractivity contribution >= 4 is 5.91 Å². The van der Waals surface area contributed by atoms with Gasteiger partial charge in [0.1, 0.15) is 6.04 Å². The van der Waals surface area contributed by atoms with Crippen LogP contribution in [0.5, 0.6) is 0 Å². The minimum Gasteiger partial charge on any atom is -0.293 e. The van der Waals surface area contributed by atoms with Gasteiger partial charge >= 0.3 is 0 Å². The first-order valence-corrected chi connectivity index (χ1v) is 6.34. The standard InChI is InChI=1S/C13H20N4O/c1-2-6-10-11(9-7-4-3-5-8-9)16-17-12(10)13(18)15-14/h3-5,7-8,10-12,16-17H,2,6,14H2,1H3,(H,15,18). The lowest BCUT2D eigenvalue weighted by molar-refractivity contribution is -0.123. The molecule has 18 heavy (non-hydrogen) atoms. The highest BCUT2D eigenvalue weighted by Crippen LogP contribution is 2.32. The maximum Gasteiger partial charge on any atom is 0.252 e. The van der Waals surface area contributed by atoms with Crippen LogP contribution in [0.1, 0.15) is 31.4 Å². The largest absolute Gasteiger partial charge is 0.293 e. The number of carbonyl (C=O) groups excluding carboxylic acids is 1. The van der Waals surface area contributed by atoms with Gasteiger partial charge in [0.05, 0.1) is 6.04 Å². The third-order valence-electron chi connectivity index (χ3n) is 3.46. The number of amides is 1. The van der Waals surface area contributed by atoms with E-state index >= 15 is 0 Å². The van der Waals surface area contributed by atoms with E-state index in [0.717, 1.165) is 12.8 Å². The second-order valence-corrected chi connectivity index (χ2v) is 4.62. The number of benzene rings is 1. The minimum absolute atomic E-state index is 0.147. The molecule has 1 aliphatic heterocycles. The van der Waals surface area contributed by atoms with E-state index in [4.69, 9.17) is 5.84 Å². The SMILES string of the molecule is CCCC1C(C(=O)NN)NNC1c1ccccc1. The highest BCUT2D eigenvalue weighted by atomic mass is 16.2. The number of hydrazine groups is 2. The van der Waals surface area contributed by atoms with Crippen molar-refractivity contribution in [2.75, 3.05) is 0 Å². The molecule has 3 unspecified atom stereocenters. The summed E-state index contributed by atoms with van der Waals surface area (Å²) >= 11 is 0. The third kappa shape index (κ3) is 2.53. The Hall–Kier alpha value is -1.43. The normalized spacial score (nSPS) is 27.1. The molecule has 1 saturated heterocycles. The molecule has 5 heteroatoms. The van der Waals surface area contributed by atoms with Crippen molar-refractivity contribution in [2.45, 2.75) is 31.8 Å². The number of nitrogens with one attached hydrogen (secondary N) is 3. The molecule has 1 aliphatic rings. The maximum atomic E-state index is 11.7. The second kappa shape index (κ2) is 5.95. The fourth-order valence-electron chi connectivity index (χ4n) is 2.59. The van der Waals surface area contributed by atoms with E-state index in [2.05, 4.69) is 35.3 Å². The zero-order chi connectivity index (χ0) is 13.0. The Kier molecular flexibility index (Phi) is 4.30. The van der Waals surface area contributed by atoms with Gasteiger partial charge in [-0.15, -0.1) is 0 Å². The van der Waals surface area contributed by atoms with Crippen LogP contribution in [0, 0.1) is 5.92 Å². The summed E-state index contributed by atoms with van der Waals surface area (Å²) in [5, 5.41) is 0. The van der Waals surface area contributed by atoms with Gasteiger partial charge in [-0.2, -0.15) is 0 Å². The van der Waals surface area contributed by atoms with E-state index in [1.165, 1.54) is 5.56 Å². The number of carbonyl (C=O) groups is 1.